The summed E-state index contributed by atoms with van der Waals surface area (Å²) < 4.78 is 41.8. The highest BCUT2D eigenvalue weighted by Gasteiger charge is 2.35. The van der Waals surface area contributed by atoms with Gasteiger partial charge >= 0.3 is 12.1 Å². The van der Waals surface area contributed by atoms with E-state index >= 15 is 0 Å². The summed E-state index contributed by atoms with van der Waals surface area (Å²) in [7, 11) is 0. The fourth-order valence-electron chi connectivity index (χ4n) is 2.15. The number of nitrogens with one attached hydrogen (secondary N) is 1. The number of hydrogen-bond donors (Lipinski definition) is 1. The summed E-state index contributed by atoms with van der Waals surface area (Å²) in [5, 5.41) is -0.178. The summed E-state index contributed by atoms with van der Waals surface area (Å²) in [6.07, 6.45) is -4.57. The third kappa shape index (κ3) is 4.37. The van der Waals surface area contributed by atoms with Crippen molar-refractivity contribution in [2.45, 2.75) is 16.9 Å². The van der Waals surface area contributed by atoms with Gasteiger partial charge in [0.15, 0.2) is 0 Å². The van der Waals surface area contributed by atoms with E-state index in [1.807, 2.05) is 0 Å². The highest BCUT2D eigenvalue weighted by Crippen LogP contribution is 2.46. The van der Waals surface area contributed by atoms with E-state index in [0.29, 0.717) is 0 Å². The normalized spacial score (nSPS) is 12.3. The van der Waals surface area contributed by atoms with Gasteiger partial charge in [-0.25, -0.2) is 4.79 Å². The Hall–Kier alpha value is -1.08. The molecule has 0 saturated heterocycles. The van der Waals surface area contributed by atoms with E-state index in [1.165, 1.54) is 12.1 Å². The lowest BCUT2D eigenvalue weighted by molar-refractivity contribution is -0.137. The SMILES string of the molecule is CCOC(=O)c1[nH]c(C(Cl)(Cl)Cl)c(Cl)c1-c1cccc(C(F)(F)F)c1. The second-order valence-electron chi connectivity index (χ2n) is 4.86. The van der Waals surface area contributed by atoms with Crippen LogP contribution in [0, 0.1) is 0 Å². The Kier molecular flexibility index (Phi) is 5.88. The van der Waals surface area contributed by atoms with Crippen LogP contribution in [0.3, 0.4) is 0 Å². The number of rotatable bonds is 3. The first-order chi connectivity index (χ1) is 11.5. The van der Waals surface area contributed by atoms with Gasteiger partial charge in [0.25, 0.3) is 0 Å². The number of hydrogen-bond acceptors (Lipinski definition) is 2. The molecule has 2 rings (SSSR count). The van der Waals surface area contributed by atoms with Crippen LogP contribution >= 0.6 is 46.4 Å². The first kappa shape index (κ1) is 20.2. The minimum absolute atomic E-state index is 0.0274. The predicted octanol–water partition coefficient (Wildman–Crippen LogP) is 6.36. The van der Waals surface area contributed by atoms with Gasteiger partial charge in [-0.1, -0.05) is 58.5 Å². The monoisotopic (exact) mass is 433 g/mol. The molecule has 0 atom stereocenters. The van der Waals surface area contributed by atoms with Gasteiger partial charge in [-0.3, -0.25) is 0 Å². The van der Waals surface area contributed by atoms with Gasteiger partial charge in [-0.15, -0.1) is 0 Å². The molecule has 0 radical (unpaired) electrons. The van der Waals surface area contributed by atoms with Crippen molar-refractivity contribution in [1.82, 2.24) is 4.98 Å². The van der Waals surface area contributed by atoms with Crippen molar-refractivity contribution in [3.8, 4) is 11.1 Å². The molecule has 0 bridgehead atoms. The van der Waals surface area contributed by atoms with Crippen LogP contribution in [0.4, 0.5) is 13.2 Å². The number of carbonyl (C=O) groups excluding carboxylic acids is 1. The van der Waals surface area contributed by atoms with Gasteiger partial charge in [-0.05, 0) is 24.6 Å². The lowest BCUT2D eigenvalue weighted by atomic mass is 10.0. The van der Waals surface area contributed by atoms with Crippen molar-refractivity contribution < 1.29 is 22.7 Å². The fourth-order valence-corrected chi connectivity index (χ4v) is 3.11. The van der Waals surface area contributed by atoms with Crippen molar-refractivity contribution in [1.29, 1.82) is 0 Å². The van der Waals surface area contributed by atoms with Crippen LogP contribution < -0.4 is 0 Å². The Morgan fingerprint density at radius 2 is 1.88 bits per heavy atom. The van der Waals surface area contributed by atoms with Crippen LogP contribution in [0.2, 0.25) is 5.02 Å². The number of alkyl halides is 6. The van der Waals surface area contributed by atoms with Crippen LogP contribution in [0.1, 0.15) is 28.7 Å². The van der Waals surface area contributed by atoms with E-state index in [2.05, 4.69) is 4.98 Å². The van der Waals surface area contributed by atoms with Crippen LogP contribution in [-0.2, 0) is 14.7 Å². The second kappa shape index (κ2) is 7.27. The van der Waals surface area contributed by atoms with E-state index in [0.717, 1.165) is 12.1 Å². The first-order valence-electron chi connectivity index (χ1n) is 6.80. The Balaban J connectivity index is 2.71. The van der Waals surface area contributed by atoms with Crippen molar-refractivity contribution in [3.63, 3.8) is 0 Å². The first-order valence-corrected chi connectivity index (χ1v) is 8.31. The van der Waals surface area contributed by atoms with Crippen molar-refractivity contribution >= 4 is 52.4 Å². The number of esters is 1. The highest BCUT2D eigenvalue weighted by molar-refractivity contribution is 6.67. The van der Waals surface area contributed by atoms with Crippen molar-refractivity contribution in [3.05, 3.63) is 46.2 Å². The lowest BCUT2D eigenvalue weighted by Gasteiger charge is -2.10. The third-order valence-corrected chi connectivity index (χ3v) is 4.13. The molecule has 1 N–H and O–H groups in total. The number of aromatic nitrogens is 1. The lowest BCUT2D eigenvalue weighted by Crippen LogP contribution is -2.08. The molecular weight excluding hydrogens is 425 g/mol. The van der Waals surface area contributed by atoms with E-state index < -0.39 is 21.5 Å². The molecule has 0 aliphatic heterocycles. The molecule has 0 aliphatic rings. The predicted molar refractivity (Wildman–Crippen MR) is 91.4 cm³/mol. The van der Waals surface area contributed by atoms with E-state index in [-0.39, 0.29) is 34.1 Å². The molecule has 1 heterocycles. The number of benzene rings is 1. The van der Waals surface area contributed by atoms with E-state index in [9.17, 15) is 18.0 Å². The zero-order valence-corrected chi connectivity index (χ0v) is 15.5. The number of ether oxygens (including phenoxy) is 1. The summed E-state index contributed by atoms with van der Waals surface area (Å²) in [5.74, 6) is -0.836. The quantitative estimate of drug-likeness (QED) is 0.451. The van der Waals surface area contributed by atoms with Gasteiger partial charge in [-0.2, -0.15) is 13.2 Å². The molecular formula is C15H10Cl4F3NO2. The Labute approximate surface area is 161 Å². The number of carbonyl (C=O) groups is 1. The maximum Gasteiger partial charge on any atom is 0.416 e. The molecule has 0 aliphatic carbocycles. The minimum Gasteiger partial charge on any atom is -0.461 e. The smallest absolute Gasteiger partial charge is 0.416 e. The van der Waals surface area contributed by atoms with Gasteiger partial charge in [0.05, 0.1) is 22.9 Å². The molecule has 1 aromatic carbocycles. The summed E-state index contributed by atoms with van der Waals surface area (Å²) in [5.41, 5.74) is -1.26. The molecule has 136 valence electrons. The van der Waals surface area contributed by atoms with Gasteiger partial charge in [0.1, 0.15) is 5.69 Å². The molecule has 0 unspecified atom stereocenters. The average Bonchev–Trinajstić information content (AvgIpc) is 2.84. The summed E-state index contributed by atoms with van der Waals surface area (Å²) in [6.45, 7) is 1.61. The van der Waals surface area contributed by atoms with Crippen LogP contribution in [0.5, 0.6) is 0 Å². The fraction of sp³-hybridized carbons (Fsp3) is 0.267. The maximum atomic E-state index is 13.0. The molecule has 1 aromatic heterocycles. The zero-order valence-electron chi connectivity index (χ0n) is 12.5. The van der Waals surface area contributed by atoms with E-state index in [1.54, 1.807) is 6.92 Å². The maximum absolute atomic E-state index is 13.0. The van der Waals surface area contributed by atoms with Crippen LogP contribution in [0.25, 0.3) is 11.1 Å². The Morgan fingerprint density at radius 3 is 2.40 bits per heavy atom. The van der Waals surface area contributed by atoms with Gasteiger partial charge < -0.3 is 9.72 Å². The standard InChI is InChI=1S/C15H10Cl4F3NO2/c1-2-25-13(24)11-9(10(16)12(23-11)14(17,18)19)7-4-3-5-8(6-7)15(20,21)22/h3-6,23H,2H2,1H3. The van der Waals surface area contributed by atoms with Crippen molar-refractivity contribution in [2.24, 2.45) is 0 Å². The topological polar surface area (TPSA) is 42.1 Å². The zero-order chi connectivity index (χ0) is 19.0. The molecule has 0 fully saturated rings. The Morgan fingerprint density at radius 1 is 1.24 bits per heavy atom. The highest BCUT2D eigenvalue weighted by atomic mass is 35.6. The Bertz CT molecular complexity index is 797. The number of H-pyrrole nitrogens is 1. The molecule has 0 spiro atoms. The van der Waals surface area contributed by atoms with Crippen LogP contribution in [0.15, 0.2) is 24.3 Å². The molecule has 10 heteroatoms. The van der Waals surface area contributed by atoms with Crippen molar-refractivity contribution in [2.75, 3.05) is 6.61 Å². The minimum atomic E-state index is -4.57. The molecule has 0 saturated carbocycles. The number of aromatic amines is 1. The molecule has 25 heavy (non-hydrogen) atoms. The largest absolute Gasteiger partial charge is 0.461 e. The third-order valence-electron chi connectivity index (χ3n) is 3.18. The summed E-state index contributed by atoms with van der Waals surface area (Å²) in [4.78, 5) is 14.7. The molecule has 3 nitrogen and oxygen atoms in total. The second-order valence-corrected chi connectivity index (χ2v) is 7.52. The average molecular weight is 435 g/mol. The summed E-state index contributed by atoms with van der Waals surface area (Å²) >= 11 is 23.6. The van der Waals surface area contributed by atoms with Crippen LogP contribution in [-0.4, -0.2) is 17.6 Å². The van der Waals surface area contributed by atoms with Gasteiger partial charge in [0, 0.05) is 5.56 Å². The summed E-state index contributed by atoms with van der Waals surface area (Å²) in [6, 6.07) is 4.28. The molecule has 0 amide bonds. The number of halogens is 7. The van der Waals surface area contributed by atoms with Gasteiger partial charge in [0.2, 0.25) is 3.79 Å². The molecule has 2 aromatic rings. The van der Waals surface area contributed by atoms with E-state index in [4.69, 9.17) is 51.1 Å².